The van der Waals surface area contributed by atoms with Gasteiger partial charge >= 0.3 is 12.1 Å². The number of hydrogen-bond acceptors (Lipinski definition) is 9. The highest BCUT2D eigenvalue weighted by Crippen LogP contribution is 2.26. The highest BCUT2D eigenvalue weighted by Gasteiger charge is 2.26. The maximum atomic E-state index is 12.6. The van der Waals surface area contributed by atoms with E-state index in [-0.39, 0.29) is 13.2 Å². The van der Waals surface area contributed by atoms with Gasteiger partial charge in [-0.2, -0.15) is 0 Å². The monoisotopic (exact) mass is 449 g/mol. The van der Waals surface area contributed by atoms with Crippen LogP contribution in [0, 0.1) is 15.5 Å². The maximum absolute atomic E-state index is 12.6. The summed E-state index contributed by atoms with van der Waals surface area (Å²) in [5.74, 6) is -0.157. The smallest absolute Gasteiger partial charge is 0.497 e. The second kappa shape index (κ2) is 10.7. The Kier molecular flexibility index (Phi) is 8.22. The molecule has 0 bridgehead atoms. The molecule has 0 saturated carbocycles. The molecule has 2 rings (SSSR count). The van der Waals surface area contributed by atoms with E-state index in [1.54, 1.807) is 27.9 Å². The molecule has 0 aliphatic carbocycles. The number of carbonyl (C=O) groups is 2. The largest absolute Gasteiger partial charge is 0.510 e. The molecule has 0 heterocycles. The Labute approximate surface area is 185 Å². The number of benzene rings is 2. The van der Waals surface area contributed by atoms with Gasteiger partial charge in [0.2, 0.25) is 6.29 Å². The average molecular weight is 449 g/mol. The van der Waals surface area contributed by atoms with E-state index in [4.69, 9.17) is 14.2 Å². The third-order valence-corrected chi connectivity index (χ3v) is 4.61. The van der Waals surface area contributed by atoms with Crippen LogP contribution in [0.4, 0.5) is 4.79 Å². The van der Waals surface area contributed by atoms with E-state index in [1.807, 2.05) is 36.4 Å². The Morgan fingerprint density at radius 3 is 2.31 bits per heavy atom. The lowest BCUT2D eigenvalue weighted by molar-refractivity contribution is -0.777. The summed E-state index contributed by atoms with van der Waals surface area (Å²) in [6.45, 7) is 6.27. The summed E-state index contributed by atoms with van der Waals surface area (Å²) in [4.78, 5) is 38.4. The van der Waals surface area contributed by atoms with Crippen molar-refractivity contribution in [3.63, 3.8) is 0 Å². The summed E-state index contributed by atoms with van der Waals surface area (Å²) in [6, 6.07) is 11.4. The van der Waals surface area contributed by atoms with Crippen molar-refractivity contribution in [1.29, 1.82) is 0 Å². The summed E-state index contributed by atoms with van der Waals surface area (Å²) in [7, 11) is 1.61. The van der Waals surface area contributed by atoms with E-state index >= 15 is 0 Å². The molecule has 0 fully saturated rings. The maximum Gasteiger partial charge on any atom is 0.510 e. The van der Waals surface area contributed by atoms with E-state index in [9.17, 15) is 19.7 Å². The van der Waals surface area contributed by atoms with Crippen molar-refractivity contribution in [3.8, 4) is 5.75 Å². The SMILES string of the molecule is COc1ccc2cc(C(C)C(=O)OCC(C)(C)COC(=O)OC(C)O[N+](=O)[O-])ccc2c1. The van der Waals surface area contributed by atoms with E-state index < -0.39 is 34.8 Å². The van der Waals surface area contributed by atoms with Gasteiger partial charge in [-0.05, 0) is 42.3 Å². The zero-order valence-electron chi connectivity index (χ0n) is 18.7. The van der Waals surface area contributed by atoms with E-state index in [1.165, 1.54) is 6.92 Å². The predicted octanol–water partition coefficient (Wildman–Crippen LogP) is 4.23. The van der Waals surface area contributed by atoms with Crippen molar-refractivity contribution in [2.75, 3.05) is 20.3 Å². The number of fused-ring (bicyclic) bond motifs is 1. The number of methoxy groups -OCH3 is 1. The van der Waals surface area contributed by atoms with Crippen molar-refractivity contribution in [1.82, 2.24) is 0 Å². The Balaban J connectivity index is 1.88. The van der Waals surface area contributed by atoms with Gasteiger partial charge in [0.25, 0.3) is 5.09 Å². The molecule has 0 radical (unpaired) electrons. The van der Waals surface area contributed by atoms with Crippen molar-refractivity contribution >= 4 is 22.9 Å². The van der Waals surface area contributed by atoms with Crippen molar-refractivity contribution in [2.45, 2.75) is 39.9 Å². The van der Waals surface area contributed by atoms with Crippen LogP contribution in [0.2, 0.25) is 0 Å². The molecule has 10 nitrogen and oxygen atoms in total. The molecular formula is C22H27NO9. The predicted molar refractivity (Wildman–Crippen MR) is 114 cm³/mol. The fraction of sp³-hybridized carbons (Fsp3) is 0.455. The van der Waals surface area contributed by atoms with Crippen LogP contribution in [-0.4, -0.2) is 43.8 Å². The Bertz CT molecular complexity index is 973. The van der Waals surface area contributed by atoms with Crippen LogP contribution in [0.25, 0.3) is 10.8 Å². The first kappa shape index (κ1) is 24.7. The van der Waals surface area contributed by atoms with Gasteiger partial charge in [-0.25, -0.2) is 4.79 Å². The van der Waals surface area contributed by atoms with Crippen LogP contribution >= 0.6 is 0 Å². The van der Waals surface area contributed by atoms with Crippen molar-refractivity contribution in [2.24, 2.45) is 5.41 Å². The lowest BCUT2D eigenvalue weighted by Gasteiger charge is -2.24. The molecule has 2 atom stereocenters. The highest BCUT2D eigenvalue weighted by molar-refractivity contribution is 5.86. The summed E-state index contributed by atoms with van der Waals surface area (Å²) in [6.07, 6.45) is -2.53. The summed E-state index contributed by atoms with van der Waals surface area (Å²) in [5, 5.41) is 11.1. The fourth-order valence-electron chi connectivity index (χ4n) is 2.77. The normalized spacial score (nSPS) is 13.0. The molecule has 174 valence electrons. The first-order valence-corrected chi connectivity index (χ1v) is 9.89. The minimum absolute atomic E-state index is 0.00478. The minimum atomic E-state index is -1.40. The van der Waals surface area contributed by atoms with Gasteiger partial charge in [0.1, 0.15) is 12.4 Å². The van der Waals surface area contributed by atoms with Crippen LogP contribution in [0.3, 0.4) is 0 Å². The van der Waals surface area contributed by atoms with E-state index in [2.05, 4.69) is 9.57 Å². The van der Waals surface area contributed by atoms with Crippen LogP contribution in [0.1, 0.15) is 39.2 Å². The van der Waals surface area contributed by atoms with Crippen molar-refractivity contribution < 1.29 is 38.5 Å². The number of nitrogens with zero attached hydrogens (tertiary/aromatic N) is 1. The van der Waals surface area contributed by atoms with Crippen LogP contribution in [0.5, 0.6) is 5.75 Å². The first-order valence-electron chi connectivity index (χ1n) is 9.89. The standard InChI is InChI=1S/C22H27NO9/c1-14(16-6-7-18-11-19(28-5)9-8-17(18)10-16)20(24)29-12-22(3,4)13-30-21(25)31-15(2)32-23(26)27/h6-11,14-15H,12-13H2,1-5H3. The fourth-order valence-corrected chi connectivity index (χ4v) is 2.77. The van der Waals surface area contributed by atoms with Gasteiger partial charge < -0.3 is 18.9 Å². The summed E-state index contributed by atoms with van der Waals surface area (Å²) in [5.41, 5.74) is 0.103. The summed E-state index contributed by atoms with van der Waals surface area (Å²) >= 11 is 0. The van der Waals surface area contributed by atoms with Crippen LogP contribution in [-0.2, 0) is 23.8 Å². The van der Waals surface area contributed by atoms with Crippen LogP contribution in [0.15, 0.2) is 36.4 Å². The Morgan fingerprint density at radius 2 is 1.66 bits per heavy atom. The second-order valence-electron chi connectivity index (χ2n) is 8.02. The second-order valence-corrected chi connectivity index (χ2v) is 8.02. The number of rotatable bonds is 10. The van der Waals surface area contributed by atoms with Crippen LogP contribution < -0.4 is 4.74 Å². The van der Waals surface area contributed by atoms with Gasteiger partial charge in [-0.3, -0.25) is 9.63 Å². The molecule has 2 aromatic carbocycles. The topological polar surface area (TPSA) is 123 Å². The molecule has 0 amide bonds. The molecule has 0 aromatic heterocycles. The van der Waals surface area contributed by atoms with Gasteiger partial charge in [-0.1, -0.05) is 38.1 Å². The molecule has 0 saturated heterocycles. The van der Waals surface area contributed by atoms with E-state index in [0.717, 1.165) is 22.1 Å². The zero-order chi connectivity index (χ0) is 23.9. The molecule has 10 heteroatoms. The number of ether oxygens (including phenoxy) is 4. The number of carbonyl (C=O) groups excluding carboxylic acids is 2. The molecular weight excluding hydrogens is 422 g/mol. The number of esters is 1. The quantitative estimate of drug-likeness (QED) is 0.227. The Morgan fingerprint density at radius 1 is 1.03 bits per heavy atom. The average Bonchev–Trinajstić information content (AvgIpc) is 2.74. The third-order valence-electron chi connectivity index (χ3n) is 4.61. The van der Waals surface area contributed by atoms with E-state index in [0.29, 0.717) is 0 Å². The molecule has 0 aliphatic rings. The highest BCUT2D eigenvalue weighted by atomic mass is 17.0. The van der Waals surface area contributed by atoms with Crippen molar-refractivity contribution in [3.05, 3.63) is 52.1 Å². The minimum Gasteiger partial charge on any atom is -0.497 e. The number of hydrogen-bond donors (Lipinski definition) is 0. The molecule has 0 aliphatic heterocycles. The van der Waals surface area contributed by atoms with Gasteiger partial charge in [0, 0.05) is 5.41 Å². The van der Waals surface area contributed by atoms with Gasteiger partial charge in [0.15, 0.2) is 0 Å². The van der Waals surface area contributed by atoms with Gasteiger partial charge in [0.05, 0.1) is 19.6 Å². The lowest BCUT2D eigenvalue weighted by atomic mass is 9.95. The Hall–Kier alpha value is -3.56. The van der Waals surface area contributed by atoms with Gasteiger partial charge in [-0.15, -0.1) is 10.1 Å². The molecule has 2 unspecified atom stereocenters. The molecule has 0 N–H and O–H groups in total. The molecule has 0 spiro atoms. The first-order chi connectivity index (χ1) is 15.0. The third kappa shape index (κ3) is 7.29. The molecule has 32 heavy (non-hydrogen) atoms. The lowest BCUT2D eigenvalue weighted by Crippen LogP contribution is -2.31. The zero-order valence-corrected chi connectivity index (χ0v) is 18.7. The summed E-state index contributed by atoms with van der Waals surface area (Å²) < 4.78 is 20.2. The molecule has 2 aromatic rings.